The van der Waals surface area contributed by atoms with Crippen LogP contribution >= 0.6 is 0 Å². The number of aromatic nitrogens is 3. The number of fused-ring (bicyclic) bond motifs is 1. The van der Waals surface area contributed by atoms with Crippen molar-refractivity contribution in [1.29, 1.82) is 0 Å². The molecule has 0 radical (unpaired) electrons. The second kappa shape index (κ2) is 7.94. The Morgan fingerprint density at radius 2 is 1.93 bits per heavy atom. The standard InChI is InChI=1S/C23H21N3O4/c1-4-20(27)15-7-9-16(10-8-15)30-23(28)17-12-19(21-6-5-11-29-21)25-22-18(17)13-24-26(22)14(2)3/h5-14H,4H2,1-3H3. The number of rotatable bonds is 6. The smallest absolute Gasteiger partial charge is 0.344 e. The number of ketones is 1. The van der Waals surface area contributed by atoms with E-state index < -0.39 is 5.97 Å². The molecule has 0 N–H and O–H groups in total. The van der Waals surface area contributed by atoms with Gasteiger partial charge in [-0.1, -0.05) is 6.92 Å². The molecule has 0 aliphatic rings. The Morgan fingerprint density at radius 1 is 1.17 bits per heavy atom. The highest BCUT2D eigenvalue weighted by Gasteiger charge is 2.21. The maximum atomic E-state index is 13.0. The van der Waals surface area contributed by atoms with Crippen LogP contribution in [0.1, 0.15) is 53.9 Å². The monoisotopic (exact) mass is 403 g/mol. The number of Topliss-reactive ketones (excluding diaryl/α,β-unsaturated/α-hetero) is 1. The normalized spacial score (nSPS) is 11.2. The average molecular weight is 403 g/mol. The summed E-state index contributed by atoms with van der Waals surface area (Å²) in [4.78, 5) is 29.5. The zero-order chi connectivity index (χ0) is 21.3. The molecule has 0 aliphatic heterocycles. The molecule has 1 aromatic carbocycles. The van der Waals surface area contributed by atoms with Crippen molar-refractivity contribution < 1.29 is 18.7 Å². The van der Waals surface area contributed by atoms with Gasteiger partial charge in [-0.05, 0) is 56.3 Å². The maximum absolute atomic E-state index is 13.0. The van der Waals surface area contributed by atoms with Gasteiger partial charge in [0.1, 0.15) is 11.4 Å². The van der Waals surface area contributed by atoms with Crippen LogP contribution in [0.25, 0.3) is 22.5 Å². The molecule has 0 unspecified atom stereocenters. The minimum atomic E-state index is -0.534. The van der Waals surface area contributed by atoms with Gasteiger partial charge in [0.25, 0.3) is 0 Å². The minimum Gasteiger partial charge on any atom is -0.463 e. The molecule has 0 saturated carbocycles. The number of nitrogens with zero attached hydrogens (tertiary/aromatic N) is 3. The van der Waals surface area contributed by atoms with Crippen molar-refractivity contribution in [2.24, 2.45) is 0 Å². The highest BCUT2D eigenvalue weighted by molar-refractivity contribution is 6.04. The van der Waals surface area contributed by atoms with Gasteiger partial charge >= 0.3 is 5.97 Å². The van der Waals surface area contributed by atoms with E-state index >= 15 is 0 Å². The number of benzene rings is 1. The van der Waals surface area contributed by atoms with E-state index in [1.54, 1.807) is 66.5 Å². The third-order valence-electron chi connectivity index (χ3n) is 4.76. The highest BCUT2D eigenvalue weighted by atomic mass is 16.5. The number of furan rings is 1. The molecule has 152 valence electrons. The van der Waals surface area contributed by atoms with Gasteiger partial charge < -0.3 is 9.15 Å². The van der Waals surface area contributed by atoms with Crippen LogP contribution in [0, 0.1) is 0 Å². The molecule has 30 heavy (non-hydrogen) atoms. The zero-order valence-corrected chi connectivity index (χ0v) is 17.0. The molecule has 3 aromatic heterocycles. The molecule has 0 spiro atoms. The fraction of sp³-hybridized carbons (Fsp3) is 0.217. The van der Waals surface area contributed by atoms with Gasteiger partial charge in [-0.25, -0.2) is 14.5 Å². The first-order valence-electron chi connectivity index (χ1n) is 9.75. The van der Waals surface area contributed by atoms with E-state index in [2.05, 4.69) is 10.1 Å². The van der Waals surface area contributed by atoms with E-state index in [0.29, 0.717) is 45.8 Å². The molecule has 7 nitrogen and oxygen atoms in total. The molecule has 0 saturated heterocycles. The van der Waals surface area contributed by atoms with E-state index in [4.69, 9.17) is 9.15 Å². The minimum absolute atomic E-state index is 0.0351. The molecule has 7 heteroatoms. The first kappa shape index (κ1) is 19.6. The molecule has 3 heterocycles. The van der Waals surface area contributed by atoms with Crippen molar-refractivity contribution >= 4 is 22.8 Å². The Morgan fingerprint density at radius 3 is 2.57 bits per heavy atom. The summed E-state index contributed by atoms with van der Waals surface area (Å²) in [5.41, 5.74) is 2.02. The van der Waals surface area contributed by atoms with Gasteiger partial charge in [0, 0.05) is 18.0 Å². The lowest BCUT2D eigenvalue weighted by molar-refractivity contribution is 0.0736. The van der Waals surface area contributed by atoms with Crippen LogP contribution in [-0.2, 0) is 0 Å². The van der Waals surface area contributed by atoms with Crippen LogP contribution in [0.3, 0.4) is 0 Å². The second-order valence-electron chi connectivity index (χ2n) is 7.14. The number of ether oxygens (including phenoxy) is 1. The molecule has 4 rings (SSSR count). The topological polar surface area (TPSA) is 87.2 Å². The van der Waals surface area contributed by atoms with Crippen LogP contribution in [0.15, 0.2) is 59.3 Å². The Kier molecular flexibility index (Phi) is 5.18. The number of hydrogen-bond donors (Lipinski definition) is 0. The number of pyridine rings is 1. The van der Waals surface area contributed by atoms with E-state index in [1.807, 2.05) is 13.8 Å². The maximum Gasteiger partial charge on any atom is 0.344 e. The Bertz CT molecular complexity index is 1210. The average Bonchev–Trinajstić information content (AvgIpc) is 3.42. The largest absolute Gasteiger partial charge is 0.463 e. The lowest BCUT2D eigenvalue weighted by Gasteiger charge is -2.10. The summed E-state index contributed by atoms with van der Waals surface area (Å²) >= 11 is 0. The van der Waals surface area contributed by atoms with Gasteiger partial charge in [0.15, 0.2) is 17.2 Å². The Balaban J connectivity index is 1.73. The molecular weight excluding hydrogens is 382 g/mol. The van der Waals surface area contributed by atoms with Gasteiger partial charge in [-0.3, -0.25) is 4.79 Å². The fourth-order valence-corrected chi connectivity index (χ4v) is 3.19. The van der Waals surface area contributed by atoms with Gasteiger partial charge in [0.05, 0.1) is 23.4 Å². The molecular formula is C23H21N3O4. The van der Waals surface area contributed by atoms with Crippen LogP contribution in [0.2, 0.25) is 0 Å². The van der Waals surface area contributed by atoms with E-state index in [1.165, 1.54) is 0 Å². The number of carbonyl (C=O) groups is 2. The predicted molar refractivity (Wildman–Crippen MR) is 112 cm³/mol. The summed E-state index contributed by atoms with van der Waals surface area (Å²) in [5, 5.41) is 4.98. The van der Waals surface area contributed by atoms with Gasteiger partial charge in [0.2, 0.25) is 0 Å². The number of carbonyl (C=O) groups excluding carboxylic acids is 2. The van der Waals surface area contributed by atoms with Crippen LogP contribution < -0.4 is 4.74 Å². The Hall–Kier alpha value is -3.74. The zero-order valence-electron chi connectivity index (χ0n) is 17.0. The van der Waals surface area contributed by atoms with Gasteiger partial charge in [-0.15, -0.1) is 0 Å². The molecule has 0 aliphatic carbocycles. The summed E-state index contributed by atoms with van der Waals surface area (Å²) in [5.74, 6) is 0.402. The third kappa shape index (κ3) is 3.61. The second-order valence-corrected chi connectivity index (χ2v) is 7.14. The summed E-state index contributed by atoms with van der Waals surface area (Å²) in [6.45, 7) is 5.79. The van der Waals surface area contributed by atoms with Crippen molar-refractivity contribution in [3.8, 4) is 17.2 Å². The van der Waals surface area contributed by atoms with E-state index in [-0.39, 0.29) is 11.8 Å². The summed E-state index contributed by atoms with van der Waals surface area (Å²) in [6.07, 6.45) is 3.59. The summed E-state index contributed by atoms with van der Waals surface area (Å²) < 4.78 is 12.8. The van der Waals surface area contributed by atoms with Crippen molar-refractivity contribution in [1.82, 2.24) is 14.8 Å². The quantitative estimate of drug-likeness (QED) is 0.253. The molecule has 0 fully saturated rings. The molecule has 0 bridgehead atoms. The molecule has 0 atom stereocenters. The fourth-order valence-electron chi connectivity index (χ4n) is 3.19. The van der Waals surface area contributed by atoms with Crippen molar-refractivity contribution in [3.63, 3.8) is 0 Å². The van der Waals surface area contributed by atoms with Gasteiger partial charge in [-0.2, -0.15) is 5.10 Å². The number of esters is 1. The van der Waals surface area contributed by atoms with Crippen molar-refractivity contribution in [2.75, 3.05) is 0 Å². The number of hydrogen-bond acceptors (Lipinski definition) is 6. The highest BCUT2D eigenvalue weighted by Crippen LogP contribution is 2.27. The van der Waals surface area contributed by atoms with Crippen molar-refractivity contribution in [2.45, 2.75) is 33.2 Å². The Labute approximate surface area is 173 Å². The molecule has 0 amide bonds. The lowest BCUT2D eigenvalue weighted by Crippen LogP contribution is -2.11. The first-order chi connectivity index (χ1) is 14.5. The van der Waals surface area contributed by atoms with Crippen LogP contribution in [0.5, 0.6) is 5.75 Å². The van der Waals surface area contributed by atoms with Crippen LogP contribution in [0.4, 0.5) is 0 Å². The predicted octanol–water partition coefficient (Wildman–Crippen LogP) is 5.08. The van der Waals surface area contributed by atoms with Crippen LogP contribution in [-0.4, -0.2) is 26.5 Å². The van der Waals surface area contributed by atoms with E-state index in [9.17, 15) is 9.59 Å². The lowest BCUT2D eigenvalue weighted by atomic mass is 10.1. The third-order valence-corrected chi connectivity index (χ3v) is 4.76. The molecule has 4 aromatic rings. The summed E-state index contributed by atoms with van der Waals surface area (Å²) in [6, 6.07) is 11.8. The van der Waals surface area contributed by atoms with E-state index in [0.717, 1.165) is 0 Å². The first-order valence-corrected chi connectivity index (χ1v) is 9.75. The van der Waals surface area contributed by atoms with Crippen molar-refractivity contribution in [3.05, 3.63) is 66.1 Å². The SMILES string of the molecule is CCC(=O)c1ccc(OC(=O)c2cc(-c3ccco3)nc3c2cnn3C(C)C)cc1. The summed E-state index contributed by atoms with van der Waals surface area (Å²) in [7, 11) is 0.